The summed E-state index contributed by atoms with van der Waals surface area (Å²) < 4.78 is 0. The maximum absolute atomic E-state index is 11.5. The summed E-state index contributed by atoms with van der Waals surface area (Å²) in [6, 6.07) is 8.20. The van der Waals surface area contributed by atoms with Gasteiger partial charge in [-0.2, -0.15) is 0 Å². The van der Waals surface area contributed by atoms with Crippen molar-refractivity contribution in [2.75, 3.05) is 7.05 Å². The van der Waals surface area contributed by atoms with Crippen molar-refractivity contribution in [3.05, 3.63) is 35.4 Å². The van der Waals surface area contributed by atoms with E-state index in [1.54, 1.807) is 6.92 Å². The molecule has 5 heteroatoms. The van der Waals surface area contributed by atoms with E-state index in [9.17, 15) is 4.79 Å². The quantitative estimate of drug-likeness (QED) is 0.843. The van der Waals surface area contributed by atoms with Crippen LogP contribution in [0.5, 0.6) is 0 Å². The summed E-state index contributed by atoms with van der Waals surface area (Å²) in [6.45, 7) is 7.43. The minimum absolute atomic E-state index is 0. The molecule has 1 aromatic carbocycles. The molecular formula is C15H26ClN3O. The topological polar surface area (TPSA) is 58.4 Å². The Kier molecular flexibility index (Phi) is 8.46. The third-order valence-corrected chi connectivity index (χ3v) is 3.29. The van der Waals surface area contributed by atoms with Gasteiger partial charge in [0.05, 0.1) is 6.04 Å². The Morgan fingerprint density at radius 1 is 1.25 bits per heavy atom. The van der Waals surface area contributed by atoms with Crippen LogP contribution in [0.1, 0.15) is 31.9 Å². The van der Waals surface area contributed by atoms with Gasteiger partial charge < -0.3 is 11.1 Å². The Morgan fingerprint density at radius 2 is 1.80 bits per heavy atom. The summed E-state index contributed by atoms with van der Waals surface area (Å²) >= 11 is 0. The number of carbonyl (C=O) groups is 1. The molecule has 0 aliphatic heterocycles. The monoisotopic (exact) mass is 299 g/mol. The van der Waals surface area contributed by atoms with Gasteiger partial charge in [-0.05, 0) is 38.9 Å². The number of carbonyl (C=O) groups excluding carboxylic acids is 1. The highest BCUT2D eigenvalue weighted by Crippen LogP contribution is 2.12. The zero-order valence-corrected chi connectivity index (χ0v) is 13.5. The number of halogens is 1. The second-order valence-electron chi connectivity index (χ2n) is 5.28. The van der Waals surface area contributed by atoms with Crippen LogP contribution in [0.15, 0.2) is 24.3 Å². The smallest absolute Gasteiger partial charge is 0.236 e. The van der Waals surface area contributed by atoms with Crippen LogP contribution in [0.2, 0.25) is 0 Å². The van der Waals surface area contributed by atoms with Gasteiger partial charge in [0.1, 0.15) is 0 Å². The van der Waals surface area contributed by atoms with E-state index in [4.69, 9.17) is 5.73 Å². The molecule has 0 bridgehead atoms. The first-order valence-electron chi connectivity index (χ1n) is 6.72. The zero-order valence-electron chi connectivity index (χ0n) is 12.7. The van der Waals surface area contributed by atoms with Crippen LogP contribution >= 0.6 is 12.4 Å². The van der Waals surface area contributed by atoms with Crippen LogP contribution in [0.3, 0.4) is 0 Å². The predicted molar refractivity (Wildman–Crippen MR) is 85.8 cm³/mol. The van der Waals surface area contributed by atoms with E-state index >= 15 is 0 Å². The number of hydrogen-bond donors (Lipinski definition) is 2. The zero-order chi connectivity index (χ0) is 14.4. The average molecular weight is 300 g/mol. The van der Waals surface area contributed by atoms with Crippen molar-refractivity contribution >= 4 is 18.3 Å². The molecule has 1 unspecified atom stereocenters. The van der Waals surface area contributed by atoms with Crippen molar-refractivity contribution in [1.29, 1.82) is 0 Å². The number of hydrogen-bond acceptors (Lipinski definition) is 3. The molecule has 4 nitrogen and oxygen atoms in total. The molecular weight excluding hydrogens is 274 g/mol. The van der Waals surface area contributed by atoms with Crippen LogP contribution in [-0.2, 0) is 17.9 Å². The highest BCUT2D eigenvalue weighted by atomic mass is 35.5. The summed E-state index contributed by atoms with van der Waals surface area (Å²) in [5, 5.41) is 2.86. The average Bonchev–Trinajstić information content (AvgIpc) is 2.36. The second kappa shape index (κ2) is 8.95. The summed E-state index contributed by atoms with van der Waals surface area (Å²) in [5.41, 5.74) is 7.92. The Labute approximate surface area is 128 Å². The molecule has 1 aromatic rings. The molecule has 0 fully saturated rings. The molecule has 0 aliphatic rings. The van der Waals surface area contributed by atoms with E-state index in [-0.39, 0.29) is 18.3 Å². The summed E-state index contributed by atoms with van der Waals surface area (Å²) in [6.07, 6.45) is 0. The van der Waals surface area contributed by atoms with E-state index < -0.39 is 6.04 Å². The largest absolute Gasteiger partial charge is 0.351 e. The molecule has 20 heavy (non-hydrogen) atoms. The lowest BCUT2D eigenvalue weighted by molar-refractivity contribution is -0.122. The van der Waals surface area contributed by atoms with Crippen LogP contribution in [0.25, 0.3) is 0 Å². The molecule has 0 saturated heterocycles. The number of rotatable bonds is 6. The fourth-order valence-electron chi connectivity index (χ4n) is 1.68. The van der Waals surface area contributed by atoms with Crippen molar-refractivity contribution in [2.24, 2.45) is 5.73 Å². The van der Waals surface area contributed by atoms with Crippen molar-refractivity contribution in [3.8, 4) is 0 Å². The molecule has 0 aliphatic carbocycles. The van der Waals surface area contributed by atoms with Crippen LogP contribution < -0.4 is 11.1 Å². The predicted octanol–water partition coefficient (Wildman–Crippen LogP) is 1.91. The molecule has 0 aromatic heterocycles. The third-order valence-electron chi connectivity index (χ3n) is 3.29. The summed E-state index contributed by atoms with van der Waals surface area (Å²) in [5.74, 6) is -0.119. The number of amides is 1. The van der Waals surface area contributed by atoms with Crippen molar-refractivity contribution in [1.82, 2.24) is 10.2 Å². The Morgan fingerprint density at radius 3 is 2.30 bits per heavy atom. The second-order valence-corrected chi connectivity index (χ2v) is 5.28. The molecule has 3 N–H and O–H groups in total. The molecule has 0 saturated carbocycles. The number of nitrogens with two attached hydrogens (primary N) is 1. The first kappa shape index (κ1) is 18.9. The third kappa shape index (κ3) is 5.90. The number of nitrogens with zero attached hydrogens (tertiary/aromatic N) is 1. The van der Waals surface area contributed by atoms with E-state index in [1.165, 1.54) is 5.56 Å². The Hall–Kier alpha value is -1.10. The van der Waals surface area contributed by atoms with Gasteiger partial charge in [-0.1, -0.05) is 24.3 Å². The van der Waals surface area contributed by atoms with Crippen molar-refractivity contribution in [2.45, 2.75) is 45.9 Å². The van der Waals surface area contributed by atoms with E-state index in [0.717, 1.165) is 12.1 Å². The maximum Gasteiger partial charge on any atom is 0.236 e. The lowest BCUT2D eigenvalue weighted by atomic mass is 10.1. The Bertz CT molecular complexity index is 421. The van der Waals surface area contributed by atoms with Gasteiger partial charge in [0.25, 0.3) is 0 Å². The molecule has 0 heterocycles. The Balaban J connectivity index is 0.00000361. The fraction of sp³-hybridized carbons (Fsp3) is 0.533. The maximum atomic E-state index is 11.5. The lowest BCUT2D eigenvalue weighted by Gasteiger charge is -2.22. The van der Waals surface area contributed by atoms with Crippen LogP contribution in [0.4, 0.5) is 0 Å². The molecule has 1 atom stereocenters. The molecule has 1 rings (SSSR count). The van der Waals surface area contributed by atoms with Gasteiger partial charge in [-0.15, -0.1) is 12.4 Å². The van der Waals surface area contributed by atoms with Crippen LogP contribution in [-0.4, -0.2) is 29.9 Å². The highest BCUT2D eigenvalue weighted by molar-refractivity contribution is 5.85. The molecule has 114 valence electrons. The van der Waals surface area contributed by atoms with Gasteiger partial charge in [0.2, 0.25) is 5.91 Å². The van der Waals surface area contributed by atoms with E-state index in [1.807, 2.05) is 18.2 Å². The van der Waals surface area contributed by atoms with Crippen molar-refractivity contribution in [3.63, 3.8) is 0 Å². The van der Waals surface area contributed by atoms with Gasteiger partial charge in [0.15, 0.2) is 0 Å². The fourth-order valence-corrected chi connectivity index (χ4v) is 1.68. The SMILES string of the molecule is CC(N)C(=O)NCc1ccccc1CN(C)C(C)C.Cl. The van der Waals surface area contributed by atoms with Gasteiger partial charge in [-0.25, -0.2) is 0 Å². The van der Waals surface area contributed by atoms with Gasteiger partial charge in [-0.3, -0.25) is 9.69 Å². The minimum Gasteiger partial charge on any atom is -0.351 e. The minimum atomic E-state index is -0.467. The normalized spacial score (nSPS) is 12.2. The summed E-state index contributed by atoms with van der Waals surface area (Å²) in [7, 11) is 2.10. The molecule has 0 spiro atoms. The first-order valence-corrected chi connectivity index (χ1v) is 6.72. The molecule has 1 amide bonds. The standard InChI is InChI=1S/C15H25N3O.ClH/c1-11(2)18(4)10-14-8-6-5-7-13(14)9-17-15(19)12(3)16;/h5-8,11-12H,9-10,16H2,1-4H3,(H,17,19);1H. The van der Waals surface area contributed by atoms with E-state index in [0.29, 0.717) is 12.6 Å². The van der Waals surface area contributed by atoms with Gasteiger partial charge in [0, 0.05) is 19.1 Å². The van der Waals surface area contributed by atoms with Crippen molar-refractivity contribution < 1.29 is 4.79 Å². The number of benzene rings is 1. The van der Waals surface area contributed by atoms with E-state index in [2.05, 4.69) is 37.2 Å². The molecule has 0 radical (unpaired) electrons. The highest BCUT2D eigenvalue weighted by Gasteiger charge is 2.10. The van der Waals surface area contributed by atoms with Gasteiger partial charge >= 0.3 is 0 Å². The lowest BCUT2D eigenvalue weighted by Crippen LogP contribution is -2.38. The summed E-state index contributed by atoms with van der Waals surface area (Å²) in [4.78, 5) is 13.8. The first-order chi connectivity index (χ1) is 8.91. The van der Waals surface area contributed by atoms with Crippen LogP contribution in [0, 0.1) is 0 Å². The number of nitrogens with one attached hydrogen (secondary N) is 1.